The third-order valence-electron chi connectivity index (χ3n) is 12.7. The molecular weight excluding hydrogens is 907 g/mol. The second kappa shape index (κ2) is 48.5. The van der Waals surface area contributed by atoms with Crippen molar-refractivity contribution in [2.24, 2.45) is 0 Å². The van der Waals surface area contributed by atoms with Gasteiger partial charge in [0.1, 0.15) is 24.4 Å². The first-order valence-electron chi connectivity index (χ1n) is 28.5. The molecular formula is C61H103NO10. The quantitative estimate of drug-likeness (QED) is 0.0196. The Hall–Kier alpha value is -3.42. The topological polar surface area (TPSA) is 175 Å². The molecule has 412 valence electrons. The van der Waals surface area contributed by atoms with Crippen molar-refractivity contribution < 1.29 is 49.3 Å². The average Bonchev–Trinajstić information content (AvgIpc) is 3.38. The molecule has 1 fully saturated rings. The van der Waals surface area contributed by atoms with E-state index in [1.54, 1.807) is 6.08 Å². The molecule has 0 bridgehead atoms. The fourth-order valence-electron chi connectivity index (χ4n) is 8.24. The van der Waals surface area contributed by atoms with Crippen LogP contribution < -0.4 is 5.32 Å². The third-order valence-corrected chi connectivity index (χ3v) is 12.7. The van der Waals surface area contributed by atoms with Gasteiger partial charge in [-0.3, -0.25) is 9.59 Å². The van der Waals surface area contributed by atoms with Crippen LogP contribution in [-0.2, 0) is 23.8 Å². The molecule has 6 N–H and O–H groups in total. The summed E-state index contributed by atoms with van der Waals surface area (Å²) in [4.78, 5) is 26.4. The highest BCUT2D eigenvalue weighted by Crippen LogP contribution is 2.26. The van der Waals surface area contributed by atoms with E-state index in [2.05, 4.69) is 111 Å². The fraction of sp³-hybridized carbons (Fsp3) is 0.705. The summed E-state index contributed by atoms with van der Waals surface area (Å²) in [5.41, 5.74) is 0. The number of carbonyl (C=O) groups excluding carboxylic acids is 2. The van der Waals surface area contributed by atoms with E-state index in [1.807, 2.05) is 6.08 Å². The van der Waals surface area contributed by atoms with Crippen LogP contribution in [0.3, 0.4) is 0 Å². The first kappa shape index (κ1) is 66.6. The van der Waals surface area contributed by atoms with Crippen LogP contribution in [0.2, 0.25) is 0 Å². The van der Waals surface area contributed by atoms with Gasteiger partial charge in [-0.05, 0) is 96.3 Å². The predicted octanol–water partition coefficient (Wildman–Crippen LogP) is 12.8. The SMILES string of the molecule is CC/C=C\C/C=C\C/C=C\C/C=C\C/C=C\CCCCC(O)C(=O)NC(COC1OC(CO)C(O)C(O)C1OC(=O)CCCCCCCCC/C=C/C/C=C/CC)C(O)/C=C/CCCCCCCCCCC. The number of hydrogen-bond acceptors (Lipinski definition) is 10. The second-order valence-corrected chi connectivity index (χ2v) is 19.3. The van der Waals surface area contributed by atoms with Crippen LogP contribution in [0.5, 0.6) is 0 Å². The summed E-state index contributed by atoms with van der Waals surface area (Å²) in [5.74, 6) is -1.25. The van der Waals surface area contributed by atoms with Gasteiger partial charge in [-0.15, -0.1) is 0 Å². The zero-order chi connectivity index (χ0) is 52.5. The van der Waals surface area contributed by atoms with Crippen LogP contribution in [0, 0.1) is 0 Å². The Morgan fingerprint density at radius 2 is 1.00 bits per heavy atom. The van der Waals surface area contributed by atoms with Gasteiger partial charge in [0, 0.05) is 6.42 Å². The molecule has 11 heteroatoms. The summed E-state index contributed by atoms with van der Waals surface area (Å²) in [7, 11) is 0. The molecule has 8 atom stereocenters. The van der Waals surface area contributed by atoms with Crippen molar-refractivity contribution in [3.8, 4) is 0 Å². The summed E-state index contributed by atoms with van der Waals surface area (Å²) in [5, 5.41) is 56.7. The van der Waals surface area contributed by atoms with E-state index in [4.69, 9.17) is 14.2 Å². The standard InChI is InChI=1S/C61H103NO10/c1-4-7-10-13-16-19-22-24-26-27-28-29-30-33-36-39-42-45-48-54(65)60(69)62-52(53(64)47-44-41-38-35-32-21-18-15-12-9-6-3)51-70-61-59(58(68)57(67)55(50-63)71-61)72-56(66)49-46-43-40-37-34-31-25-23-20-17-14-11-8-5-2/h7-8,10-11,16-17,19-20,24,26,28-29,33,36,44,47,52-55,57-59,61,63-65,67-68H,4-6,9,12-15,18,21-23,25,27,30-32,34-35,37-43,45-46,48-51H2,1-3H3,(H,62,69)/b10-7-,11-8+,19-16-,20-17+,26-24-,29-28-,36-33-,47-44+. The largest absolute Gasteiger partial charge is 0.454 e. The lowest BCUT2D eigenvalue weighted by molar-refractivity contribution is -0.305. The number of aliphatic hydroxyl groups is 5. The van der Waals surface area contributed by atoms with E-state index in [1.165, 1.54) is 44.9 Å². The molecule has 11 nitrogen and oxygen atoms in total. The Kier molecular flexibility index (Phi) is 44.9. The minimum atomic E-state index is -1.63. The Morgan fingerprint density at radius 1 is 0.556 bits per heavy atom. The maximum atomic E-state index is 13.4. The van der Waals surface area contributed by atoms with Gasteiger partial charge in [0.15, 0.2) is 12.4 Å². The lowest BCUT2D eigenvalue weighted by Crippen LogP contribution is -2.61. The number of hydrogen-bond donors (Lipinski definition) is 6. The first-order chi connectivity index (χ1) is 35.2. The molecule has 1 amide bonds. The van der Waals surface area contributed by atoms with Gasteiger partial charge in [0.2, 0.25) is 5.91 Å². The monoisotopic (exact) mass is 1010 g/mol. The minimum Gasteiger partial charge on any atom is -0.454 e. The second-order valence-electron chi connectivity index (χ2n) is 19.3. The van der Waals surface area contributed by atoms with Crippen LogP contribution in [-0.4, -0.2) is 99.6 Å². The van der Waals surface area contributed by atoms with Crippen LogP contribution in [0.1, 0.15) is 213 Å². The van der Waals surface area contributed by atoms with Crippen molar-refractivity contribution in [3.63, 3.8) is 0 Å². The minimum absolute atomic E-state index is 0.105. The molecule has 1 aliphatic rings. The van der Waals surface area contributed by atoms with Crippen LogP contribution in [0.4, 0.5) is 0 Å². The predicted molar refractivity (Wildman–Crippen MR) is 296 cm³/mol. The number of carbonyl (C=O) groups is 2. The average molecular weight is 1010 g/mol. The summed E-state index contributed by atoms with van der Waals surface area (Å²) < 4.78 is 17.5. The van der Waals surface area contributed by atoms with Gasteiger partial charge < -0.3 is 45.1 Å². The summed E-state index contributed by atoms with van der Waals surface area (Å²) in [6.07, 6.45) is 53.1. The number of aliphatic hydroxyl groups excluding tert-OH is 5. The number of amides is 1. The maximum Gasteiger partial charge on any atom is 0.306 e. The van der Waals surface area contributed by atoms with E-state index >= 15 is 0 Å². The van der Waals surface area contributed by atoms with Gasteiger partial charge >= 0.3 is 5.97 Å². The first-order valence-corrected chi connectivity index (χ1v) is 28.5. The number of esters is 1. The molecule has 0 aliphatic carbocycles. The number of allylic oxidation sites excluding steroid dienone is 15. The molecule has 0 aromatic rings. The Morgan fingerprint density at radius 3 is 1.50 bits per heavy atom. The van der Waals surface area contributed by atoms with Gasteiger partial charge in [-0.25, -0.2) is 0 Å². The lowest BCUT2D eigenvalue weighted by Gasteiger charge is -2.41. The maximum absolute atomic E-state index is 13.4. The number of ether oxygens (including phenoxy) is 3. The zero-order valence-corrected chi connectivity index (χ0v) is 45.3. The summed E-state index contributed by atoms with van der Waals surface area (Å²) in [6, 6.07) is -1.05. The molecule has 1 aliphatic heterocycles. The molecule has 0 radical (unpaired) electrons. The van der Waals surface area contributed by atoms with E-state index in [9.17, 15) is 35.1 Å². The molecule has 0 spiro atoms. The van der Waals surface area contributed by atoms with Gasteiger partial charge in [0.25, 0.3) is 0 Å². The molecule has 1 rings (SSSR count). The highest BCUT2D eigenvalue weighted by molar-refractivity contribution is 5.80. The summed E-state index contributed by atoms with van der Waals surface area (Å²) in [6.45, 7) is 5.51. The smallest absolute Gasteiger partial charge is 0.306 e. The Balaban J connectivity index is 2.76. The normalized spacial score (nSPS) is 20.2. The molecule has 1 heterocycles. The van der Waals surface area contributed by atoms with E-state index in [-0.39, 0.29) is 19.4 Å². The van der Waals surface area contributed by atoms with Crippen molar-refractivity contribution in [2.45, 2.75) is 262 Å². The zero-order valence-electron chi connectivity index (χ0n) is 45.3. The molecule has 72 heavy (non-hydrogen) atoms. The van der Waals surface area contributed by atoms with Crippen molar-refractivity contribution in [1.82, 2.24) is 5.32 Å². The Labute approximate surface area is 437 Å². The van der Waals surface area contributed by atoms with Crippen molar-refractivity contribution >= 4 is 11.9 Å². The van der Waals surface area contributed by atoms with Gasteiger partial charge in [-0.2, -0.15) is 0 Å². The molecule has 0 saturated carbocycles. The fourth-order valence-corrected chi connectivity index (χ4v) is 8.24. The van der Waals surface area contributed by atoms with E-state index in [0.717, 1.165) is 122 Å². The van der Waals surface area contributed by atoms with E-state index < -0.39 is 67.4 Å². The molecule has 0 aromatic heterocycles. The number of rotatable bonds is 46. The number of nitrogens with one attached hydrogen (secondary N) is 1. The van der Waals surface area contributed by atoms with Crippen molar-refractivity contribution in [3.05, 3.63) is 97.2 Å². The number of unbranched alkanes of at least 4 members (excludes halogenated alkanes) is 18. The highest BCUT2D eigenvalue weighted by Gasteiger charge is 2.47. The van der Waals surface area contributed by atoms with Gasteiger partial charge in [0.05, 0.1) is 25.4 Å². The lowest BCUT2D eigenvalue weighted by atomic mass is 9.99. The third kappa shape index (κ3) is 36.5. The molecule has 8 unspecified atom stereocenters. The van der Waals surface area contributed by atoms with Gasteiger partial charge in [-0.1, -0.05) is 208 Å². The highest BCUT2D eigenvalue weighted by atomic mass is 16.7. The summed E-state index contributed by atoms with van der Waals surface area (Å²) >= 11 is 0. The van der Waals surface area contributed by atoms with Crippen molar-refractivity contribution in [2.75, 3.05) is 13.2 Å². The van der Waals surface area contributed by atoms with E-state index in [0.29, 0.717) is 12.8 Å². The molecule has 1 saturated heterocycles. The Bertz CT molecular complexity index is 1530. The van der Waals surface area contributed by atoms with Crippen LogP contribution >= 0.6 is 0 Å². The van der Waals surface area contributed by atoms with Crippen LogP contribution in [0.25, 0.3) is 0 Å². The molecule has 0 aromatic carbocycles. The van der Waals surface area contributed by atoms with Crippen LogP contribution in [0.15, 0.2) is 97.2 Å². The van der Waals surface area contributed by atoms with Crippen molar-refractivity contribution in [1.29, 1.82) is 0 Å².